The standard InChI is InChI=1S/C25H29N5O4/c1-2-29(16-20-8-4-3-5-9-20)25(31)22-19-34-24(26-22)18-28-14-12-27(13-15-28)17-21-10-6-7-11-23(21)30(32)33/h3-11,19H,2,12-18H2,1H3. The molecule has 0 radical (unpaired) electrons. The van der Waals surface area contributed by atoms with E-state index in [9.17, 15) is 14.9 Å². The number of rotatable bonds is 9. The molecule has 0 saturated carbocycles. The second-order valence-corrected chi connectivity index (χ2v) is 8.37. The summed E-state index contributed by atoms with van der Waals surface area (Å²) in [5.74, 6) is 0.377. The minimum atomic E-state index is -0.327. The second kappa shape index (κ2) is 11.0. The molecule has 1 amide bonds. The van der Waals surface area contributed by atoms with Crippen molar-refractivity contribution in [2.75, 3.05) is 32.7 Å². The molecule has 1 aromatic heterocycles. The highest BCUT2D eigenvalue weighted by Crippen LogP contribution is 2.20. The van der Waals surface area contributed by atoms with Gasteiger partial charge in [-0.3, -0.25) is 24.7 Å². The van der Waals surface area contributed by atoms with Gasteiger partial charge in [-0.15, -0.1) is 0 Å². The first-order valence-corrected chi connectivity index (χ1v) is 11.5. The van der Waals surface area contributed by atoms with Crippen molar-refractivity contribution in [1.29, 1.82) is 0 Å². The fraction of sp³-hybridized carbons (Fsp3) is 0.360. The summed E-state index contributed by atoms with van der Waals surface area (Å²) in [4.78, 5) is 34.5. The number of para-hydroxylation sites is 1. The predicted octanol–water partition coefficient (Wildman–Crippen LogP) is 3.56. The number of amides is 1. The second-order valence-electron chi connectivity index (χ2n) is 8.37. The van der Waals surface area contributed by atoms with E-state index in [0.717, 1.165) is 37.3 Å². The maximum absolute atomic E-state index is 12.9. The molecule has 0 bridgehead atoms. The number of hydrogen-bond acceptors (Lipinski definition) is 7. The molecule has 2 heterocycles. The van der Waals surface area contributed by atoms with E-state index in [4.69, 9.17) is 4.42 Å². The topological polar surface area (TPSA) is 96.0 Å². The molecule has 1 fully saturated rings. The molecule has 0 unspecified atom stereocenters. The van der Waals surface area contributed by atoms with Gasteiger partial charge in [0.15, 0.2) is 5.69 Å². The van der Waals surface area contributed by atoms with Crippen molar-refractivity contribution in [2.45, 2.75) is 26.6 Å². The lowest BCUT2D eigenvalue weighted by atomic mass is 10.1. The van der Waals surface area contributed by atoms with Crippen molar-refractivity contribution in [2.24, 2.45) is 0 Å². The van der Waals surface area contributed by atoms with Gasteiger partial charge in [-0.1, -0.05) is 48.5 Å². The maximum Gasteiger partial charge on any atom is 0.276 e. The van der Waals surface area contributed by atoms with Crippen LogP contribution in [-0.2, 0) is 19.6 Å². The number of benzene rings is 2. The summed E-state index contributed by atoms with van der Waals surface area (Å²) in [6, 6.07) is 16.8. The van der Waals surface area contributed by atoms with Gasteiger partial charge < -0.3 is 9.32 Å². The highest BCUT2D eigenvalue weighted by molar-refractivity contribution is 5.91. The van der Waals surface area contributed by atoms with E-state index in [0.29, 0.717) is 37.8 Å². The Morgan fingerprint density at radius 2 is 1.68 bits per heavy atom. The highest BCUT2D eigenvalue weighted by Gasteiger charge is 2.23. The Morgan fingerprint density at radius 1 is 1.03 bits per heavy atom. The number of hydrogen-bond donors (Lipinski definition) is 0. The zero-order chi connectivity index (χ0) is 23.9. The Morgan fingerprint density at radius 3 is 2.35 bits per heavy atom. The molecule has 0 atom stereocenters. The zero-order valence-electron chi connectivity index (χ0n) is 19.3. The van der Waals surface area contributed by atoms with Gasteiger partial charge in [0.1, 0.15) is 6.26 Å². The summed E-state index contributed by atoms with van der Waals surface area (Å²) in [5, 5.41) is 11.3. The van der Waals surface area contributed by atoms with Crippen molar-refractivity contribution in [3.8, 4) is 0 Å². The van der Waals surface area contributed by atoms with Crippen LogP contribution in [-0.4, -0.2) is 63.2 Å². The molecule has 3 aromatic rings. The summed E-state index contributed by atoms with van der Waals surface area (Å²) >= 11 is 0. The van der Waals surface area contributed by atoms with Crippen LogP contribution in [0.4, 0.5) is 5.69 Å². The molecule has 4 rings (SSSR count). The van der Waals surface area contributed by atoms with Crippen LogP contribution < -0.4 is 0 Å². The van der Waals surface area contributed by atoms with Crippen molar-refractivity contribution < 1.29 is 14.1 Å². The summed E-state index contributed by atoms with van der Waals surface area (Å²) in [6.07, 6.45) is 1.44. The molecule has 178 valence electrons. The van der Waals surface area contributed by atoms with Crippen LogP contribution in [0.5, 0.6) is 0 Å². The van der Waals surface area contributed by atoms with E-state index in [-0.39, 0.29) is 16.5 Å². The van der Waals surface area contributed by atoms with E-state index in [2.05, 4.69) is 14.8 Å². The van der Waals surface area contributed by atoms with Crippen LogP contribution in [0.25, 0.3) is 0 Å². The Labute approximate surface area is 198 Å². The van der Waals surface area contributed by atoms with Crippen molar-refractivity contribution >= 4 is 11.6 Å². The predicted molar refractivity (Wildman–Crippen MR) is 127 cm³/mol. The minimum absolute atomic E-state index is 0.143. The monoisotopic (exact) mass is 463 g/mol. The maximum atomic E-state index is 12.9. The number of nitro groups is 1. The summed E-state index contributed by atoms with van der Waals surface area (Å²) in [5.41, 5.74) is 2.28. The summed E-state index contributed by atoms with van der Waals surface area (Å²) in [7, 11) is 0. The molecular weight excluding hydrogens is 434 g/mol. The third-order valence-corrected chi connectivity index (χ3v) is 6.06. The number of carbonyl (C=O) groups excluding carboxylic acids is 1. The highest BCUT2D eigenvalue weighted by atomic mass is 16.6. The van der Waals surface area contributed by atoms with Gasteiger partial charge in [-0.05, 0) is 12.5 Å². The van der Waals surface area contributed by atoms with E-state index in [1.54, 1.807) is 17.0 Å². The number of oxazole rings is 1. The molecule has 0 aliphatic carbocycles. The quantitative estimate of drug-likeness (QED) is 0.354. The van der Waals surface area contributed by atoms with Gasteiger partial charge in [0.2, 0.25) is 5.89 Å². The van der Waals surface area contributed by atoms with E-state index < -0.39 is 0 Å². The lowest BCUT2D eigenvalue weighted by Gasteiger charge is -2.33. The van der Waals surface area contributed by atoms with Gasteiger partial charge >= 0.3 is 0 Å². The summed E-state index contributed by atoms with van der Waals surface area (Å²) < 4.78 is 5.61. The Balaban J connectivity index is 1.29. The van der Waals surface area contributed by atoms with Crippen LogP contribution in [0.15, 0.2) is 65.3 Å². The fourth-order valence-corrected chi connectivity index (χ4v) is 4.14. The molecule has 1 aliphatic heterocycles. The van der Waals surface area contributed by atoms with Crippen molar-refractivity contribution in [3.63, 3.8) is 0 Å². The molecule has 1 aliphatic rings. The SMILES string of the molecule is CCN(Cc1ccccc1)C(=O)c1coc(CN2CCN(Cc3ccccc3[N+](=O)[O-])CC2)n1. The van der Waals surface area contributed by atoms with Gasteiger partial charge in [0.05, 0.1) is 11.5 Å². The molecule has 0 N–H and O–H groups in total. The number of nitrogens with zero attached hydrogens (tertiary/aromatic N) is 5. The van der Waals surface area contributed by atoms with Crippen LogP contribution in [0, 0.1) is 10.1 Å². The van der Waals surface area contributed by atoms with Gasteiger partial charge in [0.25, 0.3) is 11.6 Å². The van der Waals surface area contributed by atoms with Crippen molar-refractivity contribution in [3.05, 3.63) is 93.7 Å². The van der Waals surface area contributed by atoms with Crippen LogP contribution in [0.3, 0.4) is 0 Å². The Bertz CT molecular complexity index is 1110. The molecule has 0 spiro atoms. The third-order valence-electron chi connectivity index (χ3n) is 6.06. The number of piperazine rings is 1. The average molecular weight is 464 g/mol. The smallest absolute Gasteiger partial charge is 0.276 e. The first kappa shape index (κ1) is 23.6. The van der Waals surface area contributed by atoms with Crippen LogP contribution in [0.2, 0.25) is 0 Å². The molecular formula is C25H29N5O4. The molecule has 9 nitrogen and oxygen atoms in total. The molecule has 2 aromatic carbocycles. The summed E-state index contributed by atoms with van der Waals surface area (Å²) in [6.45, 7) is 7.30. The number of nitro benzene ring substituents is 1. The van der Waals surface area contributed by atoms with E-state index >= 15 is 0 Å². The normalized spacial score (nSPS) is 14.7. The number of aromatic nitrogens is 1. The van der Waals surface area contributed by atoms with E-state index in [1.165, 1.54) is 6.26 Å². The zero-order valence-corrected chi connectivity index (χ0v) is 19.3. The molecule has 34 heavy (non-hydrogen) atoms. The van der Waals surface area contributed by atoms with Crippen LogP contribution in [0.1, 0.15) is 34.4 Å². The first-order chi connectivity index (χ1) is 16.5. The van der Waals surface area contributed by atoms with Gasteiger partial charge in [-0.25, -0.2) is 4.98 Å². The number of carbonyl (C=O) groups is 1. The van der Waals surface area contributed by atoms with E-state index in [1.807, 2.05) is 49.4 Å². The first-order valence-electron chi connectivity index (χ1n) is 11.5. The van der Waals surface area contributed by atoms with Gasteiger partial charge in [-0.2, -0.15) is 0 Å². The fourth-order valence-electron chi connectivity index (χ4n) is 4.14. The Hall–Kier alpha value is -3.56. The molecule has 9 heteroatoms. The largest absolute Gasteiger partial charge is 0.447 e. The third kappa shape index (κ3) is 5.86. The molecule has 1 saturated heterocycles. The average Bonchev–Trinajstić information content (AvgIpc) is 3.32. The van der Waals surface area contributed by atoms with Gasteiger partial charge in [0, 0.05) is 57.4 Å². The lowest BCUT2D eigenvalue weighted by Crippen LogP contribution is -2.45. The van der Waals surface area contributed by atoms with Crippen LogP contribution >= 0.6 is 0 Å². The Kier molecular flexibility index (Phi) is 7.66. The van der Waals surface area contributed by atoms with Crippen molar-refractivity contribution in [1.82, 2.24) is 19.7 Å². The minimum Gasteiger partial charge on any atom is -0.447 e. The lowest BCUT2D eigenvalue weighted by molar-refractivity contribution is -0.385.